The van der Waals surface area contributed by atoms with E-state index in [1.807, 2.05) is 0 Å². The average molecular weight is 306 g/mol. The molecule has 4 N–H and O–H groups in total. The Morgan fingerprint density at radius 3 is 2.26 bits per heavy atom. The molecule has 1 saturated carbocycles. The van der Waals surface area contributed by atoms with Gasteiger partial charge in [0.05, 0.1) is 15.9 Å². The van der Waals surface area contributed by atoms with Crippen LogP contribution in [0.2, 0.25) is 0 Å². The van der Waals surface area contributed by atoms with E-state index in [-0.39, 0.29) is 15.8 Å². The zero-order valence-corrected chi connectivity index (χ0v) is 11.5. The summed E-state index contributed by atoms with van der Waals surface area (Å²) in [6.07, 6.45) is 0.228. The smallest absolute Gasteiger partial charge is 0.240 e. The van der Waals surface area contributed by atoms with Gasteiger partial charge in [0.25, 0.3) is 0 Å². The van der Waals surface area contributed by atoms with Crippen molar-refractivity contribution in [2.75, 3.05) is 0 Å². The van der Waals surface area contributed by atoms with E-state index in [0.29, 0.717) is 12.8 Å². The van der Waals surface area contributed by atoms with Crippen LogP contribution in [0.5, 0.6) is 0 Å². The van der Waals surface area contributed by atoms with E-state index in [9.17, 15) is 16.8 Å². The lowest BCUT2D eigenvalue weighted by Gasteiger charge is -2.31. The molecule has 0 unspecified atom stereocenters. The first-order chi connectivity index (χ1) is 8.68. The Balaban J connectivity index is 2.26. The number of aliphatic hydroxyl groups excluding tert-OH is 1. The summed E-state index contributed by atoms with van der Waals surface area (Å²) < 4.78 is 48.7. The lowest BCUT2D eigenvalue weighted by Crippen LogP contribution is -2.46. The second-order valence-corrected chi connectivity index (χ2v) is 7.74. The molecule has 1 aromatic carbocycles. The number of hydrogen-bond acceptors (Lipinski definition) is 5. The number of rotatable bonds is 4. The molecule has 0 radical (unpaired) electrons. The zero-order chi connectivity index (χ0) is 14.3. The third-order valence-electron chi connectivity index (χ3n) is 2.88. The first-order valence-electron chi connectivity index (χ1n) is 5.52. The number of nitrogens with two attached hydrogens (primary N) is 1. The third-order valence-corrected chi connectivity index (χ3v) is 5.31. The maximum absolute atomic E-state index is 12.0. The Morgan fingerprint density at radius 1 is 1.16 bits per heavy atom. The fourth-order valence-corrected chi connectivity index (χ4v) is 3.73. The maximum atomic E-state index is 12.0. The minimum Gasteiger partial charge on any atom is -0.393 e. The lowest BCUT2D eigenvalue weighted by molar-refractivity contribution is 0.0712. The number of nitrogens with one attached hydrogen (secondary N) is 1. The van der Waals surface area contributed by atoms with Crippen molar-refractivity contribution in [2.45, 2.75) is 34.8 Å². The van der Waals surface area contributed by atoms with Crippen LogP contribution in [0.15, 0.2) is 34.1 Å². The molecule has 0 atom stereocenters. The first kappa shape index (κ1) is 14.4. The highest BCUT2D eigenvalue weighted by Gasteiger charge is 2.31. The molecule has 0 spiro atoms. The monoisotopic (exact) mass is 306 g/mol. The van der Waals surface area contributed by atoms with Crippen LogP contribution in [-0.2, 0) is 20.0 Å². The van der Waals surface area contributed by atoms with Gasteiger partial charge < -0.3 is 5.11 Å². The molecule has 0 heterocycles. The normalized spacial score (nSPS) is 23.9. The molecule has 9 heteroatoms. The van der Waals surface area contributed by atoms with Gasteiger partial charge in [0, 0.05) is 6.04 Å². The molecular formula is C10H14N2O5S2. The molecule has 106 valence electrons. The van der Waals surface area contributed by atoms with Crippen LogP contribution >= 0.6 is 0 Å². The van der Waals surface area contributed by atoms with Gasteiger partial charge in [0.2, 0.25) is 20.0 Å². The minimum atomic E-state index is -3.95. The number of aliphatic hydroxyl groups is 1. The fraction of sp³-hybridized carbons (Fsp3) is 0.400. The molecule has 0 amide bonds. The van der Waals surface area contributed by atoms with E-state index in [4.69, 9.17) is 10.2 Å². The van der Waals surface area contributed by atoms with Crippen molar-refractivity contribution in [1.29, 1.82) is 0 Å². The Kier molecular flexibility index (Phi) is 3.67. The Morgan fingerprint density at radius 2 is 1.74 bits per heavy atom. The molecule has 0 bridgehead atoms. The first-order valence-corrected chi connectivity index (χ1v) is 8.55. The van der Waals surface area contributed by atoms with Gasteiger partial charge in [-0.3, -0.25) is 0 Å². The van der Waals surface area contributed by atoms with Crippen molar-refractivity contribution in [1.82, 2.24) is 4.72 Å². The third kappa shape index (κ3) is 3.31. The molecule has 2 rings (SSSR count). The van der Waals surface area contributed by atoms with Crippen molar-refractivity contribution >= 4 is 20.0 Å². The number of hydrogen-bond donors (Lipinski definition) is 3. The highest BCUT2D eigenvalue weighted by molar-refractivity contribution is 7.90. The van der Waals surface area contributed by atoms with Crippen molar-refractivity contribution in [3.63, 3.8) is 0 Å². The Hall–Kier alpha value is -1.00. The van der Waals surface area contributed by atoms with Gasteiger partial charge in [0.1, 0.15) is 0 Å². The summed E-state index contributed by atoms with van der Waals surface area (Å²) in [5.74, 6) is 0. The predicted octanol–water partition coefficient (Wildman–Crippen LogP) is -0.864. The topological polar surface area (TPSA) is 127 Å². The molecule has 1 fully saturated rings. The van der Waals surface area contributed by atoms with Crippen molar-refractivity contribution in [3.05, 3.63) is 24.3 Å². The van der Waals surface area contributed by atoms with Gasteiger partial charge in [-0.2, -0.15) is 0 Å². The van der Waals surface area contributed by atoms with Crippen molar-refractivity contribution < 1.29 is 21.9 Å². The van der Waals surface area contributed by atoms with Gasteiger partial charge in [-0.05, 0) is 31.0 Å². The standard InChI is InChI=1S/C10H14N2O5S2/c11-18(14,15)9-2-1-3-10(6-9)19(16,17)12-7-4-8(13)5-7/h1-3,6-8,12-13H,4-5H2,(H2,11,14,15). The highest BCUT2D eigenvalue weighted by atomic mass is 32.2. The second kappa shape index (κ2) is 4.84. The van der Waals surface area contributed by atoms with Gasteiger partial charge >= 0.3 is 0 Å². The predicted molar refractivity (Wildman–Crippen MR) is 67.2 cm³/mol. The molecule has 1 aliphatic rings. The maximum Gasteiger partial charge on any atom is 0.240 e. The van der Waals surface area contributed by atoms with Gasteiger partial charge in [-0.15, -0.1) is 0 Å². The highest BCUT2D eigenvalue weighted by Crippen LogP contribution is 2.22. The van der Waals surface area contributed by atoms with E-state index in [2.05, 4.69) is 4.72 Å². The molecule has 0 aliphatic heterocycles. The Labute approximate surface area is 111 Å². The van der Waals surface area contributed by atoms with Gasteiger partial charge in [0.15, 0.2) is 0 Å². The summed E-state index contributed by atoms with van der Waals surface area (Å²) in [7, 11) is -7.75. The molecule has 0 saturated heterocycles. The molecule has 7 nitrogen and oxygen atoms in total. The minimum absolute atomic E-state index is 0.166. The summed E-state index contributed by atoms with van der Waals surface area (Å²) in [5.41, 5.74) is 0. The number of benzene rings is 1. The lowest BCUT2D eigenvalue weighted by atomic mass is 9.91. The summed E-state index contributed by atoms with van der Waals surface area (Å²) >= 11 is 0. The number of primary sulfonamides is 1. The van der Waals surface area contributed by atoms with Crippen LogP contribution in [0.1, 0.15) is 12.8 Å². The SMILES string of the molecule is NS(=O)(=O)c1cccc(S(=O)(=O)NC2CC(O)C2)c1. The van der Waals surface area contributed by atoms with E-state index in [0.717, 1.165) is 6.07 Å². The van der Waals surface area contributed by atoms with E-state index < -0.39 is 26.2 Å². The summed E-state index contributed by atoms with van der Waals surface area (Å²) in [5, 5.41) is 14.1. The van der Waals surface area contributed by atoms with Crippen LogP contribution in [0.25, 0.3) is 0 Å². The number of sulfonamides is 2. The van der Waals surface area contributed by atoms with Gasteiger partial charge in [-0.1, -0.05) is 6.07 Å². The second-order valence-electron chi connectivity index (χ2n) is 4.46. The van der Waals surface area contributed by atoms with Crippen LogP contribution in [0, 0.1) is 0 Å². The molecular weight excluding hydrogens is 292 g/mol. The van der Waals surface area contributed by atoms with E-state index in [1.165, 1.54) is 18.2 Å². The Bertz CT molecular complexity index is 678. The van der Waals surface area contributed by atoms with E-state index >= 15 is 0 Å². The zero-order valence-electron chi connectivity index (χ0n) is 9.85. The van der Waals surface area contributed by atoms with Crippen LogP contribution in [0.3, 0.4) is 0 Å². The molecule has 1 aliphatic carbocycles. The largest absolute Gasteiger partial charge is 0.393 e. The van der Waals surface area contributed by atoms with Crippen LogP contribution < -0.4 is 9.86 Å². The molecule has 19 heavy (non-hydrogen) atoms. The van der Waals surface area contributed by atoms with Crippen LogP contribution in [0.4, 0.5) is 0 Å². The average Bonchev–Trinajstić information content (AvgIpc) is 2.26. The molecule has 1 aromatic rings. The quantitative estimate of drug-likeness (QED) is 0.667. The van der Waals surface area contributed by atoms with Crippen LogP contribution in [-0.4, -0.2) is 34.1 Å². The van der Waals surface area contributed by atoms with Crippen molar-refractivity contribution in [2.24, 2.45) is 5.14 Å². The summed E-state index contributed by atoms with van der Waals surface area (Å²) in [4.78, 5) is -0.426. The molecule has 0 aromatic heterocycles. The van der Waals surface area contributed by atoms with Crippen molar-refractivity contribution in [3.8, 4) is 0 Å². The fourth-order valence-electron chi connectivity index (χ4n) is 1.79. The summed E-state index contributed by atoms with van der Waals surface area (Å²) in [6.45, 7) is 0. The van der Waals surface area contributed by atoms with Gasteiger partial charge in [-0.25, -0.2) is 26.7 Å². The summed E-state index contributed by atoms with van der Waals surface area (Å²) in [6, 6.07) is 4.50. The van der Waals surface area contributed by atoms with E-state index in [1.54, 1.807) is 0 Å².